The van der Waals surface area contributed by atoms with Crippen LogP contribution in [0.25, 0.3) is 22.6 Å². The minimum atomic E-state index is -0.457. The topological polar surface area (TPSA) is 90.4 Å². The number of rotatable bonds is 5. The Morgan fingerprint density at radius 1 is 1.22 bits per heavy atom. The molecule has 4 aromatic rings. The van der Waals surface area contributed by atoms with Gasteiger partial charge in [-0.15, -0.1) is 0 Å². The number of benzene rings is 2. The first-order valence-electron chi connectivity index (χ1n) is 8.19. The second kappa shape index (κ2) is 6.91. The maximum atomic E-state index is 13.9. The van der Waals surface area contributed by atoms with Crippen molar-refractivity contribution in [3.63, 3.8) is 0 Å². The average molecular weight is 367 g/mol. The molecule has 0 aliphatic heterocycles. The third-order valence-corrected chi connectivity index (χ3v) is 3.73. The molecule has 8 heteroatoms. The number of halogens is 1. The van der Waals surface area contributed by atoms with Crippen LogP contribution in [0.2, 0.25) is 0 Å². The summed E-state index contributed by atoms with van der Waals surface area (Å²) in [6.07, 6.45) is 1.25. The van der Waals surface area contributed by atoms with E-state index >= 15 is 0 Å². The van der Waals surface area contributed by atoms with E-state index in [-0.39, 0.29) is 23.2 Å². The van der Waals surface area contributed by atoms with Gasteiger partial charge in [-0.25, -0.2) is 9.37 Å². The fourth-order valence-corrected chi connectivity index (χ4v) is 2.50. The molecule has 0 saturated carbocycles. The minimum Gasteiger partial charge on any atom is -0.450 e. The standard InChI is InChI=1S/C19H14FN3O4/c1-2-25-19-23-15(10-26-19)17(24)21-11-7-8-16-14(9-11)22-18(27-16)12-5-3-4-6-13(12)20/h3-10H,2H2,1H3,(H,21,24). The molecule has 0 fully saturated rings. The van der Waals surface area contributed by atoms with E-state index in [9.17, 15) is 9.18 Å². The molecule has 2 heterocycles. The number of fused-ring (bicyclic) bond motifs is 1. The van der Waals surface area contributed by atoms with Gasteiger partial charge in [-0.05, 0) is 37.3 Å². The second-order valence-electron chi connectivity index (χ2n) is 5.57. The zero-order valence-electron chi connectivity index (χ0n) is 14.2. The fraction of sp³-hybridized carbons (Fsp3) is 0.105. The first kappa shape index (κ1) is 16.8. The van der Waals surface area contributed by atoms with Crippen LogP contribution < -0.4 is 10.1 Å². The summed E-state index contributed by atoms with van der Waals surface area (Å²) < 4.78 is 29.6. The van der Waals surface area contributed by atoms with Crippen LogP contribution in [0.4, 0.5) is 10.1 Å². The maximum Gasteiger partial charge on any atom is 0.394 e. The molecular weight excluding hydrogens is 353 g/mol. The third kappa shape index (κ3) is 3.37. The number of aromatic nitrogens is 2. The molecule has 4 rings (SSSR count). The van der Waals surface area contributed by atoms with Crippen molar-refractivity contribution in [3.05, 3.63) is 60.2 Å². The first-order valence-corrected chi connectivity index (χ1v) is 8.19. The number of anilines is 1. The number of nitrogens with one attached hydrogen (secondary N) is 1. The predicted octanol–water partition coefficient (Wildman–Crippen LogP) is 4.27. The number of hydrogen-bond donors (Lipinski definition) is 1. The Bertz CT molecular complexity index is 1120. The van der Waals surface area contributed by atoms with Gasteiger partial charge in [-0.3, -0.25) is 4.79 Å². The number of amides is 1. The van der Waals surface area contributed by atoms with E-state index in [2.05, 4.69) is 15.3 Å². The zero-order chi connectivity index (χ0) is 18.8. The SMILES string of the molecule is CCOc1nc(C(=O)Nc2ccc3oc(-c4ccccc4F)nc3c2)co1. The minimum absolute atomic E-state index is 0.0316. The van der Waals surface area contributed by atoms with E-state index in [1.165, 1.54) is 12.3 Å². The lowest BCUT2D eigenvalue weighted by atomic mass is 10.2. The summed E-state index contributed by atoms with van der Waals surface area (Å²) in [6.45, 7) is 2.17. The summed E-state index contributed by atoms with van der Waals surface area (Å²) in [4.78, 5) is 20.5. The molecule has 0 aliphatic rings. The van der Waals surface area contributed by atoms with Crippen LogP contribution >= 0.6 is 0 Å². The normalized spacial score (nSPS) is 10.9. The van der Waals surface area contributed by atoms with Crippen molar-refractivity contribution in [2.24, 2.45) is 0 Å². The van der Waals surface area contributed by atoms with Gasteiger partial charge in [-0.2, -0.15) is 4.98 Å². The summed E-state index contributed by atoms with van der Waals surface area (Å²) in [5.74, 6) is -0.708. The van der Waals surface area contributed by atoms with Gasteiger partial charge in [-0.1, -0.05) is 12.1 Å². The Kier molecular flexibility index (Phi) is 4.29. The Morgan fingerprint density at radius 3 is 2.89 bits per heavy atom. The van der Waals surface area contributed by atoms with Crippen LogP contribution in [0.3, 0.4) is 0 Å². The number of carbonyl (C=O) groups excluding carboxylic acids is 1. The largest absolute Gasteiger partial charge is 0.450 e. The Balaban J connectivity index is 1.58. The maximum absolute atomic E-state index is 13.9. The van der Waals surface area contributed by atoms with Crippen LogP contribution in [0.1, 0.15) is 17.4 Å². The van der Waals surface area contributed by atoms with E-state index in [0.717, 1.165) is 0 Å². The van der Waals surface area contributed by atoms with Gasteiger partial charge in [0.1, 0.15) is 17.6 Å². The van der Waals surface area contributed by atoms with Crippen LogP contribution in [0, 0.1) is 5.82 Å². The molecule has 0 saturated heterocycles. The number of carbonyl (C=O) groups is 1. The molecule has 27 heavy (non-hydrogen) atoms. The van der Waals surface area contributed by atoms with Crippen molar-refractivity contribution in [1.29, 1.82) is 0 Å². The van der Waals surface area contributed by atoms with Crippen molar-refractivity contribution in [1.82, 2.24) is 9.97 Å². The van der Waals surface area contributed by atoms with E-state index in [1.807, 2.05) is 0 Å². The van der Waals surface area contributed by atoms with Gasteiger partial charge in [0, 0.05) is 5.69 Å². The van der Waals surface area contributed by atoms with Crippen molar-refractivity contribution < 1.29 is 22.8 Å². The molecule has 0 spiro atoms. The highest BCUT2D eigenvalue weighted by Gasteiger charge is 2.15. The molecule has 2 aromatic carbocycles. The lowest BCUT2D eigenvalue weighted by Gasteiger charge is -2.01. The third-order valence-electron chi connectivity index (χ3n) is 3.73. The van der Waals surface area contributed by atoms with Gasteiger partial charge in [0.2, 0.25) is 5.89 Å². The van der Waals surface area contributed by atoms with Gasteiger partial charge in [0.05, 0.1) is 12.2 Å². The molecule has 136 valence electrons. The lowest BCUT2D eigenvalue weighted by molar-refractivity contribution is 0.102. The molecule has 0 atom stereocenters. The van der Waals surface area contributed by atoms with E-state index in [4.69, 9.17) is 13.6 Å². The quantitative estimate of drug-likeness (QED) is 0.566. The number of ether oxygens (including phenoxy) is 1. The van der Waals surface area contributed by atoms with Gasteiger partial charge in [0.25, 0.3) is 5.91 Å². The van der Waals surface area contributed by atoms with Gasteiger partial charge in [0.15, 0.2) is 11.3 Å². The van der Waals surface area contributed by atoms with Crippen molar-refractivity contribution in [2.45, 2.75) is 6.92 Å². The van der Waals surface area contributed by atoms with Gasteiger partial charge < -0.3 is 18.9 Å². The molecule has 0 unspecified atom stereocenters. The fourth-order valence-electron chi connectivity index (χ4n) is 2.50. The highest BCUT2D eigenvalue weighted by atomic mass is 19.1. The summed E-state index contributed by atoms with van der Waals surface area (Å²) >= 11 is 0. The first-order chi connectivity index (χ1) is 13.1. The van der Waals surface area contributed by atoms with E-state index in [0.29, 0.717) is 23.4 Å². The molecule has 0 bridgehead atoms. The number of nitrogens with zero attached hydrogens (tertiary/aromatic N) is 2. The molecule has 2 aromatic heterocycles. The molecule has 1 N–H and O–H groups in total. The van der Waals surface area contributed by atoms with Crippen LogP contribution in [-0.4, -0.2) is 22.5 Å². The molecule has 0 radical (unpaired) electrons. The zero-order valence-corrected chi connectivity index (χ0v) is 14.2. The van der Waals surface area contributed by atoms with E-state index < -0.39 is 11.7 Å². The van der Waals surface area contributed by atoms with E-state index in [1.54, 1.807) is 43.3 Å². The number of oxazole rings is 2. The monoisotopic (exact) mass is 367 g/mol. The van der Waals surface area contributed by atoms with Crippen molar-refractivity contribution in [2.75, 3.05) is 11.9 Å². The van der Waals surface area contributed by atoms with Crippen molar-refractivity contribution in [3.8, 4) is 17.5 Å². The predicted molar refractivity (Wildman–Crippen MR) is 95.0 cm³/mol. The summed E-state index contributed by atoms with van der Waals surface area (Å²) in [5, 5.41) is 2.69. The lowest BCUT2D eigenvalue weighted by Crippen LogP contribution is -2.12. The molecule has 0 aliphatic carbocycles. The average Bonchev–Trinajstić information content (AvgIpc) is 3.29. The summed E-state index contributed by atoms with van der Waals surface area (Å²) in [5.41, 5.74) is 1.81. The summed E-state index contributed by atoms with van der Waals surface area (Å²) in [7, 11) is 0. The second-order valence-corrected chi connectivity index (χ2v) is 5.57. The Morgan fingerprint density at radius 2 is 2.07 bits per heavy atom. The number of hydrogen-bond acceptors (Lipinski definition) is 6. The Labute approximate surface area is 152 Å². The highest BCUT2D eigenvalue weighted by molar-refractivity contribution is 6.03. The van der Waals surface area contributed by atoms with Crippen LogP contribution in [0.15, 0.2) is 57.6 Å². The van der Waals surface area contributed by atoms with Crippen LogP contribution in [-0.2, 0) is 0 Å². The van der Waals surface area contributed by atoms with Crippen molar-refractivity contribution >= 4 is 22.7 Å². The molecular formula is C19H14FN3O4. The highest BCUT2D eigenvalue weighted by Crippen LogP contribution is 2.28. The van der Waals surface area contributed by atoms with Gasteiger partial charge >= 0.3 is 6.08 Å². The molecule has 1 amide bonds. The van der Waals surface area contributed by atoms with Crippen LogP contribution in [0.5, 0.6) is 6.08 Å². The molecule has 7 nitrogen and oxygen atoms in total. The summed E-state index contributed by atoms with van der Waals surface area (Å²) in [6, 6.07) is 11.2. The Hall–Kier alpha value is -3.68. The smallest absolute Gasteiger partial charge is 0.394 e.